The number of hydrogen-bond acceptors (Lipinski definition) is 7. The summed E-state index contributed by atoms with van der Waals surface area (Å²) in [5.41, 5.74) is -3.33. The summed E-state index contributed by atoms with van der Waals surface area (Å²) in [6.07, 6.45) is 5.95. The van der Waals surface area contributed by atoms with E-state index in [1.54, 1.807) is 26.0 Å². The molecule has 0 bridgehead atoms. The Hall–Kier alpha value is -2.32. The molecule has 174 valence electrons. The van der Waals surface area contributed by atoms with Crippen LogP contribution in [0.15, 0.2) is 35.6 Å². The molecule has 0 spiro atoms. The van der Waals surface area contributed by atoms with Crippen LogP contribution in [0.4, 0.5) is 4.39 Å². The Labute approximate surface area is 186 Å². The monoisotopic (exact) mass is 448 g/mol. The van der Waals surface area contributed by atoms with Gasteiger partial charge in [-0.3, -0.25) is 9.59 Å². The first kappa shape index (κ1) is 22.9. The van der Waals surface area contributed by atoms with Gasteiger partial charge in [0.05, 0.1) is 6.10 Å². The fraction of sp³-hybridized carbons (Fsp3) is 0.625. The largest absolute Gasteiger partial charge is 0.432 e. The van der Waals surface area contributed by atoms with E-state index in [2.05, 4.69) is 4.74 Å². The molecule has 0 aliphatic heterocycles. The van der Waals surface area contributed by atoms with E-state index >= 15 is 0 Å². The third-order valence-electron chi connectivity index (χ3n) is 8.45. The van der Waals surface area contributed by atoms with E-state index in [9.17, 15) is 29.0 Å². The SMILES string of the molecule is CC(=O)OC1=C[C@@H]2[C@H]([C@@H](O)C[C@@]3(C)[C@H]2C[C@H](C)[C@]3(O)C(=O)OCF)[C@@]2(C)C=CC(=O)C=C12. The normalized spacial score (nSPS) is 44.6. The zero-order chi connectivity index (χ0) is 23.6. The van der Waals surface area contributed by atoms with Crippen molar-refractivity contribution < 1.29 is 38.5 Å². The second-order valence-electron chi connectivity index (χ2n) is 10.0. The van der Waals surface area contributed by atoms with Crippen LogP contribution in [0.5, 0.6) is 0 Å². The van der Waals surface area contributed by atoms with Crippen molar-refractivity contribution in [3.05, 3.63) is 35.6 Å². The van der Waals surface area contributed by atoms with Crippen LogP contribution >= 0.6 is 0 Å². The van der Waals surface area contributed by atoms with Gasteiger partial charge in [-0.1, -0.05) is 26.8 Å². The van der Waals surface area contributed by atoms with Crippen molar-refractivity contribution in [1.29, 1.82) is 0 Å². The average Bonchev–Trinajstić information content (AvgIpc) is 2.90. The minimum atomic E-state index is -1.97. The lowest BCUT2D eigenvalue weighted by atomic mass is 9.47. The number of ether oxygens (including phenoxy) is 2. The number of halogens is 1. The van der Waals surface area contributed by atoms with E-state index in [0.29, 0.717) is 12.0 Å². The predicted octanol–water partition coefficient (Wildman–Crippen LogP) is 2.38. The number of ketones is 1. The first-order valence-electron chi connectivity index (χ1n) is 10.9. The van der Waals surface area contributed by atoms with E-state index in [-0.39, 0.29) is 35.7 Å². The molecular formula is C24H29FO7. The van der Waals surface area contributed by atoms with E-state index in [0.717, 1.165) is 0 Å². The number of aliphatic hydroxyl groups is 2. The van der Waals surface area contributed by atoms with Gasteiger partial charge in [-0.05, 0) is 48.8 Å². The molecule has 2 saturated carbocycles. The second kappa shape index (κ2) is 7.35. The van der Waals surface area contributed by atoms with Crippen molar-refractivity contribution in [3.8, 4) is 0 Å². The van der Waals surface area contributed by atoms with Crippen LogP contribution < -0.4 is 0 Å². The number of aliphatic hydroxyl groups excluding tert-OH is 1. The van der Waals surface area contributed by atoms with Crippen molar-refractivity contribution in [3.63, 3.8) is 0 Å². The number of rotatable bonds is 3. The lowest BCUT2D eigenvalue weighted by molar-refractivity contribution is -0.202. The molecule has 4 aliphatic carbocycles. The molecule has 0 radical (unpaired) electrons. The maximum absolute atomic E-state index is 12.8. The Morgan fingerprint density at radius 2 is 2.00 bits per heavy atom. The molecule has 4 rings (SSSR count). The molecule has 4 aliphatic rings. The van der Waals surface area contributed by atoms with Gasteiger partial charge in [0, 0.05) is 29.2 Å². The van der Waals surface area contributed by atoms with Gasteiger partial charge < -0.3 is 19.7 Å². The Balaban J connectivity index is 1.87. The topological polar surface area (TPSA) is 110 Å². The molecule has 8 atom stereocenters. The standard InChI is InChI=1S/C24H29FO7/c1-12-7-16-15-9-19(32-13(2)26)17-8-14(27)5-6-22(17,3)20(15)18(28)10-23(16,4)24(12,30)21(29)31-11-25/h5-6,8-9,12,15-16,18,20,28,30H,7,10-11H2,1-4H3/t12-,15-,16-,18-,20+,22-,23-,24-/m0/s1. The first-order chi connectivity index (χ1) is 14.9. The van der Waals surface area contributed by atoms with Crippen molar-refractivity contribution in [2.45, 2.75) is 52.2 Å². The predicted molar refractivity (Wildman–Crippen MR) is 110 cm³/mol. The molecule has 8 heteroatoms. The molecular weight excluding hydrogens is 419 g/mol. The highest BCUT2D eigenvalue weighted by Gasteiger charge is 2.71. The zero-order valence-corrected chi connectivity index (χ0v) is 18.6. The average molecular weight is 448 g/mol. The van der Waals surface area contributed by atoms with E-state index < -0.39 is 47.3 Å². The van der Waals surface area contributed by atoms with Crippen LogP contribution in [0, 0.1) is 34.5 Å². The van der Waals surface area contributed by atoms with Gasteiger partial charge in [0.15, 0.2) is 11.4 Å². The van der Waals surface area contributed by atoms with Crippen LogP contribution in [0.2, 0.25) is 0 Å². The molecule has 0 aromatic heterocycles. The molecule has 0 amide bonds. The summed E-state index contributed by atoms with van der Waals surface area (Å²) in [5, 5.41) is 22.9. The number of hydrogen-bond donors (Lipinski definition) is 2. The molecule has 0 saturated heterocycles. The van der Waals surface area contributed by atoms with Crippen molar-refractivity contribution in [1.82, 2.24) is 0 Å². The van der Waals surface area contributed by atoms with Crippen LogP contribution in [0.1, 0.15) is 40.5 Å². The smallest absolute Gasteiger partial charge is 0.341 e. The van der Waals surface area contributed by atoms with Gasteiger partial charge in [0.1, 0.15) is 5.76 Å². The third-order valence-corrected chi connectivity index (χ3v) is 8.45. The van der Waals surface area contributed by atoms with Gasteiger partial charge >= 0.3 is 11.9 Å². The molecule has 32 heavy (non-hydrogen) atoms. The second-order valence-corrected chi connectivity index (χ2v) is 10.0. The fourth-order valence-corrected chi connectivity index (χ4v) is 7.05. The summed E-state index contributed by atoms with van der Waals surface area (Å²) in [6.45, 7) is 5.27. The van der Waals surface area contributed by atoms with Crippen molar-refractivity contribution in [2.24, 2.45) is 34.5 Å². The highest BCUT2D eigenvalue weighted by Crippen LogP contribution is 2.67. The zero-order valence-electron chi connectivity index (χ0n) is 18.6. The minimum absolute atomic E-state index is 0.0997. The molecule has 7 nitrogen and oxygen atoms in total. The first-order valence-corrected chi connectivity index (χ1v) is 10.9. The maximum atomic E-state index is 12.8. The van der Waals surface area contributed by atoms with Gasteiger partial charge in [0.25, 0.3) is 0 Å². The molecule has 0 aromatic carbocycles. The van der Waals surface area contributed by atoms with E-state index in [1.165, 1.54) is 19.1 Å². The molecule has 0 heterocycles. The Morgan fingerprint density at radius 3 is 2.62 bits per heavy atom. The van der Waals surface area contributed by atoms with Crippen LogP contribution in [-0.4, -0.2) is 46.5 Å². The summed E-state index contributed by atoms with van der Waals surface area (Å²) < 4.78 is 22.9. The minimum Gasteiger partial charge on any atom is -0.432 e. The number of fused-ring (bicyclic) bond motifs is 5. The van der Waals surface area contributed by atoms with Gasteiger partial charge in [-0.15, -0.1) is 0 Å². The van der Waals surface area contributed by atoms with Gasteiger partial charge in [-0.25, -0.2) is 9.18 Å². The molecule has 2 N–H and O–H groups in total. The Kier molecular flexibility index (Phi) is 5.25. The Bertz CT molecular complexity index is 967. The highest BCUT2D eigenvalue weighted by molar-refractivity contribution is 6.02. The molecule has 2 fully saturated rings. The molecule has 0 unspecified atom stereocenters. The Morgan fingerprint density at radius 1 is 1.31 bits per heavy atom. The number of allylic oxidation sites excluding steroid dienone is 5. The maximum Gasteiger partial charge on any atom is 0.341 e. The summed E-state index contributed by atoms with van der Waals surface area (Å²) in [5.74, 6) is -3.11. The number of alkyl halides is 1. The lowest BCUT2D eigenvalue weighted by Gasteiger charge is -2.58. The van der Waals surface area contributed by atoms with Gasteiger partial charge in [-0.2, -0.15) is 0 Å². The van der Waals surface area contributed by atoms with Crippen LogP contribution in [0.25, 0.3) is 0 Å². The molecule has 0 aromatic rings. The third kappa shape index (κ3) is 2.88. The van der Waals surface area contributed by atoms with Gasteiger partial charge in [0.2, 0.25) is 6.86 Å². The summed E-state index contributed by atoms with van der Waals surface area (Å²) in [6, 6.07) is 0. The van der Waals surface area contributed by atoms with Crippen LogP contribution in [0.3, 0.4) is 0 Å². The quantitative estimate of drug-likeness (QED) is 0.638. The number of carbonyl (C=O) groups is 3. The number of carbonyl (C=O) groups excluding carboxylic acids is 3. The van der Waals surface area contributed by atoms with Crippen LogP contribution in [-0.2, 0) is 23.9 Å². The summed E-state index contributed by atoms with van der Waals surface area (Å²) in [7, 11) is 0. The number of esters is 2. The lowest BCUT2D eigenvalue weighted by Crippen LogP contribution is -2.62. The fourth-order valence-electron chi connectivity index (χ4n) is 7.05. The highest BCUT2D eigenvalue weighted by atomic mass is 19.1. The van der Waals surface area contributed by atoms with Crippen molar-refractivity contribution >= 4 is 17.7 Å². The van der Waals surface area contributed by atoms with Crippen molar-refractivity contribution in [2.75, 3.05) is 6.86 Å². The van der Waals surface area contributed by atoms with E-state index in [1.807, 2.05) is 6.92 Å². The van der Waals surface area contributed by atoms with E-state index in [4.69, 9.17) is 4.74 Å². The summed E-state index contributed by atoms with van der Waals surface area (Å²) in [4.78, 5) is 36.7. The summed E-state index contributed by atoms with van der Waals surface area (Å²) >= 11 is 0.